The van der Waals surface area contributed by atoms with Gasteiger partial charge in [-0.25, -0.2) is 18.3 Å². The van der Waals surface area contributed by atoms with Gasteiger partial charge in [-0.2, -0.15) is 0 Å². The van der Waals surface area contributed by atoms with E-state index in [-0.39, 0.29) is 31.2 Å². The first-order chi connectivity index (χ1) is 57.2. The van der Waals surface area contributed by atoms with E-state index in [1.165, 1.54) is 140 Å². The third kappa shape index (κ3) is 14.9. The van der Waals surface area contributed by atoms with E-state index in [1.54, 1.807) is 10.4 Å². The van der Waals surface area contributed by atoms with Gasteiger partial charge in [-0.3, -0.25) is 0 Å². The zero-order valence-electron chi connectivity index (χ0n) is 71.4. The topological polar surface area (TPSA) is 106 Å². The van der Waals surface area contributed by atoms with Crippen LogP contribution in [0.1, 0.15) is 103 Å². The Balaban J connectivity index is 0.000000111. The zero-order valence-corrected chi connectivity index (χ0v) is 75.8. The van der Waals surface area contributed by atoms with Crippen LogP contribution >= 0.6 is 23.5 Å². The van der Waals surface area contributed by atoms with E-state index in [4.69, 9.17) is 9.47 Å². The van der Waals surface area contributed by atoms with Crippen molar-refractivity contribution in [3.05, 3.63) is 336 Å². The Morgan fingerprint density at radius 2 is 0.756 bits per heavy atom. The van der Waals surface area contributed by atoms with Crippen LogP contribution in [0, 0.1) is 34.6 Å². The molecule has 13 nitrogen and oxygen atoms in total. The maximum absolute atomic E-state index is 6.14. The number of hydrogen-bond acceptors (Lipinski definition) is 10. The number of fused-ring (bicyclic) bond motifs is 10. The first-order valence-electron chi connectivity index (χ1n) is 40.5. The molecule has 0 fully saturated rings. The van der Waals surface area contributed by atoms with Crippen molar-refractivity contribution < 1.29 is 32.3 Å². The van der Waals surface area contributed by atoms with Gasteiger partial charge in [-0.15, -0.1) is 0 Å². The summed E-state index contributed by atoms with van der Waals surface area (Å²) in [4.78, 5) is 28.8. The zero-order chi connectivity index (χ0) is 83.6. The summed E-state index contributed by atoms with van der Waals surface area (Å²) in [5.74, 6) is 3.74. The molecule has 17 heteroatoms. The Labute approximate surface area is 716 Å². The van der Waals surface area contributed by atoms with E-state index >= 15 is 0 Å². The number of anilines is 2. The second kappa shape index (κ2) is 32.6. The van der Waals surface area contributed by atoms with E-state index < -0.39 is 8.07 Å². The van der Waals surface area contributed by atoms with Gasteiger partial charge in [0.15, 0.2) is 11.5 Å². The van der Waals surface area contributed by atoms with Gasteiger partial charge in [0.25, 0.3) is 25.3 Å². The van der Waals surface area contributed by atoms with Crippen molar-refractivity contribution in [3.63, 3.8) is 0 Å². The van der Waals surface area contributed by atoms with Crippen LogP contribution in [0.5, 0.6) is 23.0 Å². The quantitative estimate of drug-likeness (QED) is 0.122. The number of nitrogens with zero attached hydrogens (tertiary/aromatic N) is 11. The number of benzene rings is 10. The summed E-state index contributed by atoms with van der Waals surface area (Å²) in [6.45, 7) is 30.0. The molecular formula is C102H102N11O2S2SeSi+5. The first kappa shape index (κ1) is 81.2. The molecule has 0 N–H and O–H groups in total. The fourth-order valence-electron chi connectivity index (χ4n) is 18.0. The molecule has 0 atom stereocenters. The van der Waals surface area contributed by atoms with Gasteiger partial charge < -0.3 is 9.64 Å². The Bertz CT molecular complexity index is 6500. The molecule has 0 radical (unpaired) electrons. The summed E-state index contributed by atoms with van der Waals surface area (Å²) in [6.07, 6.45) is 18.7. The van der Waals surface area contributed by atoms with E-state index in [9.17, 15) is 0 Å². The average molecular weight is 1690 g/mol. The molecule has 5 aliphatic rings. The molecule has 594 valence electrons. The van der Waals surface area contributed by atoms with Crippen LogP contribution in [0.2, 0.25) is 13.1 Å². The van der Waals surface area contributed by atoms with E-state index in [2.05, 4.69) is 335 Å². The Kier molecular flexibility index (Phi) is 22.3. The van der Waals surface area contributed by atoms with Gasteiger partial charge in [-0.05, 0) is 125 Å². The Morgan fingerprint density at radius 1 is 0.345 bits per heavy atom. The number of aromatic nitrogens is 10. The van der Waals surface area contributed by atoms with Crippen LogP contribution in [-0.4, -0.2) is 55.0 Å². The molecular weight excluding hydrogens is 1580 g/mol. The second-order valence-electron chi connectivity index (χ2n) is 33.5. The van der Waals surface area contributed by atoms with Crippen molar-refractivity contribution in [2.45, 2.75) is 125 Å². The van der Waals surface area contributed by atoms with Gasteiger partial charge in [0, 0.05) is 83.8 Å². The molecule has 10 heterocycles. The van der Waals surface area contributed by atoms with Gasteiger partial charge in [-0.1, -0.05) is 212 Å². The number of para-hydroxylation sites is 3. The summed E-state index contributed by atoms with van der Waals surface area (Å²) >= 11 is 4.02. The third-order valence-corrected chi connectivity index (χ3v) is 32.6. The number of ether oxygens (including phenoxy) is 2. The normalized spacial score (nSPS) is 14.3. The molecule has 15 aromatic rings. The van der Waals surface area contributed by atoms with Crippen molar-refractivity contribution in [2.75, 3.05) is 11.9 Å². The standard InChI is InChI=1S/C23H27N2Si.2C21H21N2S.C19H18N3O.C18H15N2OSe/c1-16-11-12-20-22(21(16)18-13-14-24-15-25(18)4)23(2,3)17-9-7-8-10-19(17)26(20,5)6;1-14-9-10-18-20(19(14)16-11-12-22-13-23(16)4)21(2,3)15-7-5-6-8-17(15)24-18;1-14-9-10-16-20(19(14)17-11-12-22-13-23(17)4)24-18-8-6-5-7-15(18)21(16,2)3;1-13-8-9-17-19(18(13)15-10-11-20-12-21(15)2)22(3)14-6-4-5-7-16(14)23-17;1-12-7-8-15-18(17(12)13-9-10-19-11-20(13)2)22-16-6-4-3-5-14(16)21-15/h7-15H,1-6H3;2*5-13H,1-4H3;4-12H,1-3H3;3-11H,1-2H3/q5*+1. The molecule has 20 rings (SSSR count). The minimum absolute atomic E-state index is 0.00519. The van der Waals surface area contributed by atoms with E-state index in [1.807, 2.05) is 147 Å². The predicted molar refractivity (Wildman–Crippen MR) is 485 cm³/mol. The van der Waals surface area contributed by atoms with Crippen LogP contribution in [0.4, 0.5) is 11.4 Å². The van der Waals surface area contributed by atoms with Crippen molar-refractivity contribution in [2.24, 2.45) is 35.2 Å². The second-order valence-corrected chi connectivity index (χ2v) is 42.2. The van der Waals surface area contributed by atoms with E-state index in [0.717, 1.165) is 40.1 Å². The molecule has 0 aliphatic carbocycles. The molecule has 5 aromatic heterocycles. The summed E-state index contributed by atoms with van der Waals surface area (Å²) < 4.78 is 25.4. The molecule has 0 saturated carbocycles. The Hall–Kier alpha value is -11.6. The monoisotopic (exact) mass is 1680 g/mol. The summed E-state index contributed by atoms with van der Waals surface area (Å²) in [7, 11) is 10.6. The van der Waals surface area contributed by atoms with Crippen LogP contribution in [-0.2, 0) is 51.5 Å². The Morgan fingerprint density at radius 3 is 1.34 bits per heavy atom. The summed E-state index contributed by atoms with van der Waals surface area (Å²) in [6, 6.07) is 75.7. The van der Waals surface area contributed by atoms with Crippen molar-refractivity contribution in [1.29, 1.82) is 0 Å². The van der Waals surface area contributed by atoms with Gasteiger partial charge in [0.05, 0.1) is 45.1 Å². The molecule has 0 spiro atoms. The van der Waals surface area contributed by atoms with Crippen molar-refractivity contribution in [3.8, 4) is 79.3 Å². The van der Waals surface area contributed by atoms with Gasteiger partial charge in [0.1, 0.15) is 55.6 Å². The average Bonchev–Trinajstić information content (AvgIpc) is 0.707. The number of aryl methyl sites for hydroxylation is 10. The number of hydrogen-bond donors (Lipinski definition) is 0. The van der Waals surface area contributed by atoms with Crippen LogP contribution < -0.4 is 56.5 Å². The summed E-state index contributed by atoms with van der Waals surface area (Å²) in [5.41, 5.74) is 29.6. The maximum atomic E-state index is 6.14. The number of rotatable bonds is 5. The molecule has 0 saturated heterocycles. The molecule has 5 aliphatic heterocycles. The minimum atomic E-state index is -1.75. The predicted octanol–water partition coefficient (Wildman–Crippen LogP) is 18.1. The van der Waals surface area contributed by atoms with Crippen LogP contribution in [0.15, 0.2) is 295 Å². The molecule has 0 amide bonds. The summed E-state index contributed by atoms with van der Waals surface area (Å²) in [5, 5.41) is 3.14. The molecule has 10 aromatic carbocycles. The van der Waals surface area contributed by atoms with Crippen molar-refractivity contribution in [1.82, 2.24) is 24.9 Å². The van der Waals surface area contributed by atoms with Gasteiger partial charge in [0.2, 0.25) is 0 Å². The molecule has 0 bridgehead atoms. The molecule has 119 heavy (non-hydrogen) atoms. The van der Waals surface area contributed by atoms with Crippen LogP contribution in [0.25, 0.3) is 56.3 Å². The fourth-order valence-corrected chi connectivity index (χ4v) is 26.8. The SMILES string of the molecule is Cc1ccc2c(c1-c1ccnc[n+]1C)C(C)(C)c1ccccc1S2.Cc1ccc2c(c1-c1ccnc[n+]1C)C(C)(C)c1ccccc1[Si]2(C)C.Cc1ccc2c(c1-c1ccnc[n+]1C)N(C)c1ccccc1O2.Cc1ccc2c(c1-c1ccnc[n+]1C)Sc1ccccc1C2(C)C.Cc1ccc2c(c1-c1ccnc[n+]1C)[Se]c1ccccc1O2. The first-order valence-corrected chi connectivity index (χ1v) is 46.8. The fraction of sp³-hybridized carbons (Fsp3) is 0.216. The van der Waals surface area contributed by atoms with E-state index in [0.29, 0.717) is 0 Å². The van der Waals surface area contributed by atoms with Gasteiger partial charge >= 0.3 is 135 Å². The van der Waals surface area contributed by atoms with Crippen molar-refractivity contribution >= 4 is 77.2 Å². The molecule has 0 unspecified atom stereocenters. The van der Waals surface area contributed by atoms with Crippen LogP contribution in [0.3, 0.4) is 0 Å². The third-order valence-electron chi connectivity index (χ3n) is 24.3.